The van der Waals surface area contributed by atoms with Crippen LogP contribution in [-0.4, -0.2) is 38.1 Å². The molecule has 0 rings (SSSR count). The molecule has 0 aromatic heterocycles. The highest BCUT2D eigenvalue weighted by atomic mass is 16.5. The third-order valence-corrected chi connectivity index (χ3v) is 2.45. The van der Waals surface area contributed by atoms with Gasteiger partial charge in [-0.05, 0) is 6.42 Å². The van der Waals surface area contributed by atoms with Crippen LogP contribution in [0.1, 0.15) is 39.0 Å². The predicted octanol–water partition coefficient (Wildman–Crippen LogP) is 0.788. The van der Waals surface area contributed by atoms with Gasteiger partial charge < -0.3 is 14.8 Å². The van der Waals surface area contributed by atoms with Crippen LogP contribution in [0.4, 0.5) is 0 Å². The maximum atomic E-state index is 11.5. The summed E-state index contributed by atoms with van der Waals surface area (Å²) >= 11 is 0. The van der Waals surface area contributed by atoms with Crippen molar-refractivity contribution in [2.45, 2.75) is 45.1 Å². The molecule has 0 aliphatic rings. The van der Waals surface area contributed by atoms with E-state index in [-0.39, 0.29) is 18.7 Å². The lowest BCUT2D eigenvalue weighted by Crippen LogP contribution is -2.41. The van der Waals surface area contributed by atoms with Crippen LogP contribution in [0.25, 0.3) is 0 Å². The third kappa shape index (κ3) is 6.88. The highest BCUT2D eigenvalue weighted by Gasteiger charge is 2.20. The number of esters is 2. The van der Waals surface area contributed by atoms with Crippen LogP contribution in [0.2, 0.25) is 0 Å². The Morgan fingerprint density at radius 1 is 1.11 bits per heavy atom. The highest BCUT2D eigenvalue weighted by Crippen LogP contribution is 2.03. The van der Waals surface area contributed by atoms with E-state index in [1.54, 1.807) is 0 Å². The van der Waals surface area contributed by atoms with Crippen molar-refractivity contribution >= 4 is 17.8 Å². The molecule has 0 heterocycles. The van der Waals surface area contributed by atoms with Gasteiger partial charge in [-0.3, -0.25) is 9.59 Å². The molecule has 0 fully saturated rings. The zero-order valence-corrected chi connectivity index (χ0v) is 11.2. The minimum Gasteiger partial charge on any atom is -0.469 e. The van der Waals surface area contributed by atoms with Gasteiger partial charge in [0.1, 0.15) is 6.04 Å². The fraction of sp³-hybridized carbons (Fsp3) is 0.750. The topological polar surface area (TPSA) is 81.7 Å². The van der Waals surface area contributed by atoms with Gasteiger partial charge >= 0.3 is 11.9 Å². The molecule has 1 N–H and O–H groups in total. The first-order chi connectivity index (χ1) is 8.54. The van der Waals surface area contributed by atoms with Crippen LogP contribution >= 0.6 is 0 Å². The van der Waals surface area contributed by atoms with E-state index in [1.807, 2.05) is 6.92 Å². The molecule has 0 bridgehead atoms. The van der Waals surface area contributed by atoms with Crippen molar-refractivity contribution in [3.63, 3.8) is 0 Å². The smallest absolute Gasteiger partial charge is 0.328 e. The Morgan fingerprint density at radius 2 is 1.78 bits per heavy atom. The summed E-state index contributed by atoms with van der Waals surface area (Å²) in [6.45, 7) is 1.99. The van der Waals surface area contributed by atoms with Crippen molar-refractivity contribution in [1.82, 2.24) is 5.32 Å². The van der Waals surface area contributed by atoms with E-state index in [4.69, 9.17) is 0 Å². The number of carbonyl (C=O) groups excluding carboxylic acids is 3. The standard InChI is InChI=1S/C12H21NO5/c1-4-5-6-9(12(16)18-3)13-10(14)7-8-11(15)17-2/h9H,4-8H2,1-3H3,(H,13,14)/t9-/m1/s1. The molecule has 0 aliphatic heterocycles. The van der Waals surface area contributed by atoms with E-state index in [1.165, 1.54) is 14.2 Å². The molecule has 18 heavy (non-hydrogen) atoms. The Hall–Kier alpha value is -1.59. The number of amides is 1. The molecule has 0 saturated carbocycles. The van der Waals surface area contributed by atoms with Crippen molar-refractivity contribution in [2.24, 2.45) is 0 Å². The molecule has 0 aromatic rings. The number of carbonyl (C=O) groups is 3. The second-order valence-corrected chi connectivity index (χ2v) is 3.86. The summed E-state index contributed by atoms with van der Waals surface area (Å²) in [4.78, 5) is 33.8. The zero-order valence-electron chi connectivity index (χ0n) is 11.2. The molecule has 0 radical (unpaired) electrons. The Kier molecular flexibility index (Phi) is 8.61. The predicted molar refractivity (Wildman–Crippen MR) is 64.7 cm³/mol. The molecule has 6 heteroatoms. The van der Waals surface area contributed by atoms with Gasteiger partial charge in [0, 0.05) is 6.42 Å². The van der Waals surface area contributed by atoms with E-state index in [9.17, 15) is 14.4 Å². The van der Waals surface area contributed by atoms with E-state index < -0.39 is 18.0 Å². The molecule has 6 nitrogen and oxygen atoms in total. The molecule has 104 valence electrons. The maximum absolute atomic E-state index is 11.5. The number of rotatable bonds is 8. The van der Waals surface area contributed by atoms with Crippen LogP contribution in [0, 0.1) is 0 Å². The number of nitrogens with one attached hydrogen (secondary N) is 1. The average Bonchev–Trinajstić information content (AvgIpc) is 2.39. The molecule has 0 aromatic carbocycles. The van der Waals surface area contributed by atoms with E-state index in [2.05, 4.69) is 14.8 Å². The van der Waals surface area contributed by atoms with Gasteiger partial charge in [-0.25, -0.2) is 4.79 Å². The minimum atomic E-state index is -0.639. The summed E-state index contributed by atoms with van der Waals surface area (Å²) in [6, 6.07) is -0.639. The van der Waals surface area contributed by atoms with E-state index in [0.717, 1.165) is 12.8 Å². The number of hydrogen-bond acceptors (Lipinski definition) is 5. The molecule has 0 unspecified atom stereocenters. The molecular formula is C12H21NO5. The van der Waals surface area contributed by atoms with Crippen molar-refractivity contribution in [3.05, 3.63) is 0 Å². The summed E-state index contributed by atoms with van der Waals surface area (Å²) in [7, 11) is 2.54. The van der Waals surface area contributed by atoms with Crippen LogP contribution in [0.3, 0.4) is 0 Å². The fourth-order valence-corrected chi connectivity index (χ4v) is 1.38. The first kappa shape index (κ1) is 16.4. The SMILES string of the molecule is CCCC[C@@H](NC(=O)CCC(=O)OC)C(=O)OC. The molecule has 1 amide bonds. The summed E-state index contributed by atoms with van der Waals surface area (Å²) in [6.07, 6.45) is 2.28. The normalized spacial score (nSPS) is 11.5. The number of methoxy groups -OCH3 is 2. The molecular weight excluding hydrogens is 238 g/mol. The highest BCUT2D eigenvalue weighted by molar-refractivity contribution is 5.86. The average molecular weight is 259 g/mol. The van der Waals surface area contributed by atoms with Crippen LogP contribution in [0.5, 0.6) is 0 Å². The summed E-state index contributed by atoms with van der Waals surface area (Å²) in [5, 5.41) is 2.56. The molecule has 0 aliphatic carbocycles. The van der Waals surface area contributed by atoms with Gasteiger partial charge in [0.25, 0.3) is 0 Å². The summed E-state index contributed by atoms with van der Waals surface area (Å²) < 4.78 is 9.04. The van der Waals surface area contributed by atoms with E-state index >= 15 is 0 Å². The lowest BCUT2D eigenvalue weighted by atomic mass is 10.1. The maximum Gasteiger partial charge on any atom is 0.328 e. The minimum absolute atomic E-state index is 0.00397. The van der Waals surface area contributed by atoms with Crippen molar-refractivity contribution in [1.29, 1.82) is 0 Å². The van der Waals surface area contributed by atoms with Crippen molar-refractivity contribution in [2.75, 3.05) is 14.2 Å². The fourth-order valence-electron chi connectivity index (χ4n) is 1.38. The van der Waals surface area contributed by atoms with Crippen molar-refractivity contribution in [3.8, 4) is 0 Å². The van der Waals surface area contributed by atoms with Gasteiger partial charge in [-0.15, -0.1) is 0 Å². The molecule has 0 saturated heterocycles. The molecule has 0 spiro atoms. The Morgan fingerprint density at radius 3 is 2.28 bits per heavy atom. The van der Waals surface area contributed by atoms with Gasteiger partial charge in [0.05, 0.1) is 20.6 Å². The lowest BCUT2D eigenvalue weighted by Gasteiger charge is -2.15. The van der Waals surface area contributed by atoms with Crippen LogP contribution in [0.15, 0.2) is 0 Å². The monoisotopic (exact) mass is 259 g/mol. The molecule has 1 atom stereocenters. The second kappa shape index (κ2) is 9.44. The van der Waals surface area contributed by atoms with Crippen LogP contribution in [-0.2, 0) is 23.9 Å². The number of unbranched alkanes of at least 4 members (excludes halogenated alkanes) is 1. The Balaban J connectivity index is 4.17. The van der Waals surface area contributed by atoms with Gasteiger partial charge in [0.2, 0.25) is 5.91 Å². The third-order valence-electron chi connectivity index (χ3n) is 2.45. The van der Waals surface area contributed by atoms with Gasteiger partial charge in [-0.2, -0.15) is 0 Å². The lowest BCUT2D eigenvalue weighted by molar-refractivity contribution is -0.145. The first-order valence-corrected chi connectivity index (χ1v) is 5.99. The quantitative estimate of drug-likeness (QED) is 0.652. The van der Waals surface area contributed by atoms with Gasteiger partial charge in [-0.1, -0.05) is 19.8 Å². The van der Waals surface area contributed by atoms with Gasteiger partial charge in [0.15, 0.2) is 0 Å². The Bertz CT molecular complexity index is 290. The van der Waals surface area contributed by atoms with E-state index in [0.29, 0.717) is 6.42 Å². The first-order valence-electron chi connectivity index (χ1n) is 5.99. The Labute approximate surface area is 107 Å². The number of hydrogen-bond donors (Lipinski definition) is 1. The van der Waals surface area contributed by atoms with Crippen molar-refractivity contribution < 1.29 is 23.9 Å². The zero-order chi connectivity index (χ0) is 14.0. The van der Waals surface area contributed by atoms with Crippen LogP contribution < -0.4 is 5.32 Å². The second-order valence-electron chi connectivity index (χ2n) is 3.86. The number of ether oxygens (including phenoxy) is 2. The summed E-state index contributed by atoms with van der Waals surface area (Å²) in [5.74, 6) is -1.27. The summed E-state index contributed by atoms with van der Waals surface area (Å²) in [5.41, 5.74) is 0. The largest absolute Gasteiger partial charge is 0.469 e.